The van der Waals surface area contributed by atoms with Crippen molar-refractivity contribution < 1.29 is 14.6 Å². The number of aliphatic carboxylic acids is 1. The number of carboxylic acid groups (broad SMARTS) is 1. The zero-order valence-electron chi connectivity index (χ0n) is 8.78. The Bertz CT molecular complexity index is 368. The molecule has 0 bridgehead atoms. The van der Waals surface area contributed by atoms with Gasteiger partial charge in [-0.25, -0.2) is 0 Å². The molecule has 88 valence electrons. The highest BCUT2D eigenvalue weighted by atomic mass is 35.5. The summed E-state index contributed by atoms with van der Waals surface area (Å²) >= 11 is 5.75. The second kappa shape index (κ2) is 6.23. The van der Waals surface area contributed by atoms with Crippen LogP contribution in [-0.4, -0.2) is 17.7 Å². The van der Waals surface area contributed by atoms with Gasteiger partial charge in [0.1, 0.15) is 5.75 Å². The molecule has 0 aliphatic heterocycles. The second-order valence-corrected chi connectivity index (χ2v) is 3.79. The van der Waals surface area contributed by atoms with Crippen LogP contribution in [0.4, 0.5) is 5.69 Å². The molecule has 16 heavy (non-hydrogen) atoms. The molecule has 1 aromatic carbocycles. The van der Waals surface area contributed by atoms with Gasteiger partial charge in [-0.3, -0.25) is 4.79 Å². The van der Waals surface area contributed by atoms with Crippen LogP contribution in [0.3, 0.4) is 0 Å². The summed E-state index contributed by atoms with van der Waals surface area (Å²) in [6.45, 7) is 0.481. The first-order chi connectivity index (χ1) is 7.59. The number of ether oxygens (including phenoxy) is 1. The molecule has 0 amide bonds. The van der Waals surface area contributed by atoms with Crippen molar-refractivity contribution in [3.63, 3.8) is 0 Å². The highest BCUT2D eigenvalue weighted by molar-refractivity contribution is 6.33. The number of hydrogen-bond donors (Lipinski definition) is 2. The molecule has 0 aliphatic rings. The van der Waals surface area contributed by atoms with E-state index in [4.69, 9.17) is 27.2 Å². The van der Waals surface area contributed by atoms with Gasteiger partial charge in [0, 0.05) is 12.5 Å². The summed E-state index contributed by atoms with van der Waals surface area (Å²) < 4.78 is 5.39. The van der Waals surface area contributed by atoms with Crippen molar-refractivity contribution in [2.45, 2.75) is 19.3 Å². The molecule has 0 aliphatic carbocycles. The molecule has 0 spiro atoms. The monoisotopic (exact) mass is 243 g/mol. The van der Waals surface area contributed by atoms with Crippen LogP contribution in [0, 0.1) is 0 Å². The number of carboxylic acids is 1. The average Bonchev–Trinajstić information content (AvgIpc) is 2.22. The Labute approximate surface area is 99.0 Å². The van der Waals surface area contributed by atoms with Crippen molar-refractivity contribution in [3.8, 4) is 5.75 Å². The van der Waals surface area contributed by atoms with Crippen molar-refractivity contribution in [1.82, 2.24) is 0 Å². The van der Waals surface area contributed by atoms with Gasteiger partial charge in [0.25, 0.3) is 0 Å². The summed E-state index contributed by atoms with van der Waals surface area (Å²) in [5, 5.41) is 8.92. The Kier molecular flexibility index (Phi) is 4.92. The number of carbonyl (C=O) groups is 1. The second-order valence-electron chi connectivity index (χ2n) is 3.38. The van der Waals surface area contributed by atoms with Crippen LogP contribution in [0.1, 0.15) is 19.3 Å². The molecule has 5 heteroatoms. The maximum atomic E-state index is 10.2. The largest absolute Gasteiger partial charge is 0.494 e. The highest BCUT2D eigenvalue weighted by Gasteiger charge is 2.00. The van der Waals surface area contributed by atoms with Gasteiger partial charge in [0.2, 0.25) is 0 Å². The minimum Gasteiger partial charge on any atom is -0.494 e. The van der Waals surface area contributed by atoms with Crippen LogP contribution in [0.25, 0.3) is 0 Å². The summed E-state index contributed by atoms with van der Waals surface area (Å²) in [6.07, 6.45) is 1.49. The predicted octanol–water partition coefficient (Wildman–Crippen LogP) is 2.56. The van der Waals surface area contributed by atoms with Crippen LogP contribution in [-0.2, 0) is 4.79 Å². The molecule has 0 unspecified atom stereocenters. The molecule has 4 nitrogen and oxygen atoms in total. The van der Waals surface area contributed by atoms with Crippen molar-refractivity contribution in [2.24, 2.45) is 0 Å². The number of rotatable bonds is 6. The standard InChI is InChI=1S/C11H14ClNO3/c12-9-5-4-8(7-10(9)13)16-6-2-1-3-11(14)15/h4-5,7H,1-3,6,13H2,(H,14,15). The summed E-state index contributed by atoms with van der Waals surface area (Å²) in [7, 11) is 0. The molecular formula is C11H14ClNO3. The van der Waals surface area contributed by atoms with Crippen LogP contribution >= 0.6 is 11.6 Å². The van der Waals surface area contributed by atoms with E-state index in [9.17, 15) is 4.79 Å². The summed E-state index contributed by atoms with van der Waals surface area (Å²) in [6, 6.07) is 5.05. The summed E-state index contributed by atoms with van der Waals surface area (Å²) in [5.41, 5.74) is 6.08. The number of anilines is 1. The Morgan fingerprint density at radius 2 is 2.19 bits per heavy atom. The SMILES string of the molecule is Nc1cc(OCCCCC(=O)O)ccc1Cl. The molecule has 0 heterocycles. The number of benzene rings is 1. The van der Waals surface area contributed by atoms with Crippen LogP contribution in [0.2, 0.25) is 5.02 Å². The smallest absolute Gasteiger partial charge is 0.303 e. The van der Waals surface area contributed by atoms with Gasteiger partial charge in [0.05, 0.1) is 17.3 Å². The van der Waals surface area contributed by atoms with E-state index in [0.29, 0.717) is 35.9 Å². The molecule has 0 saturated heterocycles. The Balaban J connectivity index is 2.27. The minimum absolute atomic E-state index is 0.173. The van der Waals surface area contributed by atoms with Gasteiger partial charge >= 0.3 is 5.97 Å². The normalized spacial score (nSPS) is 10.1. The number of hydrogen-bond acceptors (Lipinski definition) is 3. The number of unbranched alkanes of at least 4 members (excludes halogenated alkanes) is 1. The van der Waals surface area contributed by atoms with Crippen molar-refractivity contribution in [3.05, 3.63) is 23.2 Å². The molecule has 0 atom stereocenters. The first-order valence-electron chi connectivity index (χ1n) is 4.99. The lowest BCUT2D eigenvalue weighted by molar-refractivity contribution is -0.137. The van der Waals surface area contributed by atoms with Gasteiger partial charge < -0.3 is 15.6 Å². The zero-order valence-corrected chi connectivity index (χ0v) is 9.54. The van der Waals surface area contributed by atoms with Gasteiger partial charge in [-0.05, 0) is 25.0 Å². The van der Waals surface area contributed by atoms with Crippen molar-refractivity contribution >= 4 is 23.3 Å². The van der Waals surface area contributed by atoms with Gasteiger partial charge in [-0.15, -0.1) is 0 Å². The van der Waals surface area contributed by atoms with E-state index >= 15 is 0 Å². The summed E-state index contributed by atoms with van der Waals surface area (Å²) in [5.74, 6) is -0.132. The quantitative estimate of drug-likeness (QED) is 0.595. The molecule has 0 saturated carbocycles. The third-order valence-corrected chi connectivity index (χ3v) is 2.37. The average molecular weight is 244 g/mol. The molecule has 1 aromatic rings. The molecular weight excluding hydrogens is 230 g/mol. The fourth-order valence-corrected chi connectivity index (χ4v) is 1.30. The Morgan fingerprint density at radius 1 is 1.44 bits per heavy atom. The van der Waals surface area contributed by atoms with Gasteiger partial charge in [-0.2, -0.15) is 0 Å². The topological polar surface area (TPSA) is 72.5 Å². The zero-order chi connectivity index (χ0) is 12.0. The van der Waals surface area contributed by atoms with E-state index in [2.05, 4.69) is 0 Å². The number of nitrogen functional groups attached to an aromatic ring is 1. The third kappa shape index (κ3) is 4.40. The fourth-order valence-electron chi connectivity index (χ4n) is 1.18. The lowest BCUT2D eigenvalue weighted by Crippen LogP contribution is -2.00. The molecule has 0 fully saturated rings. The number of halogens is 1. The Hall–Kier alpha value is -1.42. The van der Waals surface area contributed by atoms with E-state index in [1.807, 2.05) is 0 Å². The van der Waals surface area contributed by atoms with Crippen LogP contribution in [0.15, 0.2) is 18.2 Å². The molecule has 3 N–H and O–H groups in total. The van der Waals surface area contributed by atoms with Crippen LogP contribution in [0.5, 0.6) is 5.75 Å². The maximum absolute atomic E-state index is 10.2. The van der Waals surface area contributed by atoms with E-state index in [1.165, 1.54) is 0 Å². The van der Waals surface area contributed by atoms with Crippen LogP contribution < -0.4 is 10.5 Å². The molecule has 0 aromatic heterocycles. The predicted molar refractivity (Wildman–Crippen MR) is 62.8 cm³/mol. The van der Waals surface area contributed by atoms with E-state index in [-0.39, 0.29) is 6.42 Å². The van der Waals surface area contributed by atoms with Gasteiger partial charge in [-0.1, -0.05) is 11.6 Å². The molecule has 0 radical (unpaired) electrons. The minimum atomic E-state index is -0.782. The summed E-state index contributed by atoms with van der Waals surface area (Å²) in [4.78, 5) is 10.2. The van der Waals surface area contributed by atoms with Gasteiger partial charge in [0.15, 0.2) is 0 Å². The van der Waals surface area contributed by atoms with Crippen molar-refractivity contribution in [1.29, 1.82) is 0 Å². The fraction of sp³-hybridized carbons (Fsp3) is 0.364. The lowest BCUT2D eigenvalue weighted by Gasteiger charge is -2.06. The first kappa shape index (κ1) is 12.6. The van der Waals surface area contributed by atoms with E-state index < -0.39 is 5.97 Å². The number of nitrogens with two attached hydrogens (primary N) is 1. The van der Waals surface area contributed by atoms with E-state index in [1.54, 1.807) is 18.2 Å². The Morgan fingerprint density at radius 3 is 2.81 bits per heavy atom. The van der Waals surface area contributed by atoms with Crippen molar-refractivity contribution in [2.75, 3.05) is 12.3 Å². The third-order valence-electron chi connectivity index (χ3n) is 2.02. The highest BCUT2D eigenvalue weighted by Crippen LogP contribution is 2.23. The maximum Gasteiger partial charge on any atom is 0.303 e. The first-order valence-corrected chi connectivity index (χ1v) is 5.37. The molecule has 1 rings (SSSR count). The van der Waals surface area contributed by atoms with E-state index in [0.717, 1.165) is 0 Å². The lowest BCUT2D eigenvalue weighted by atomic mass is 10.2.